The summed E-state index contributed by atoms with van der Waals surface area (Å²) in [6, 6.07) is 3.68. The van der Waals surface area contributed by atoms with Gasteiger partial charge in [0, 0.05) is 12.8 Å². The first-order chi connectivity index (χ1) is 8.54. The first kappa shape index (κ1) is 14.3. The van der Waals surface area contributed by atoms with E-state index in [0.717, 1.165) is 6.07 Å². The molecular formula is C13H14F2O3. The van der Waals surface area contributed by atoms with Crippen LogP contribution < -0.4 is 0 Å². The van der Waals surface area contributed by atoms with Crippen LogP contribution in [0.1, 0.15) is 25.3 Å². The molecule has 0 aliphatic heterocycles. The van der Waals surface area contributed by atoms with Gasteiger partial charge >= 0.3 is 5.97 Å². The maximum atomic E-state index is 13.3. The lowest BCUT2D eigenvalue weighted by Gasteiger charge is -2.04. The summed E-state index contributed by atoms with van der Waals surface area (Å²) >= 11 is 0. The van der Waals surface area contributed by atoms with E-state index in [1.165, 1.54) is 12.1 Å². The zero-order valence-electron chi connectivity index (χ0n) is 10.0. The third-order valence-corrected chi connectivity index (χ3v) is 2.33. The average Bonchev–Trinajstić information content (AvgIpc) is 2.33. The molecule has 0 amide bonds. The van der Waals surface area contributed by atoms with E-state index in [2.05, 4.69) is 4.74 Å². The predicted octanol–water partition coefficient (Wildman–Crippen LogP) is 2.42. The Morgan fingerprint density at radius 3 is 2.61 bits per heavy atom. The molecule has 0 unspecified atom stereocenters. The third kappa shape index (κ3) is 4.24. The first-order valence-electron chi connectivity index (χ1n) is 5.64. The van der Waals surface area contributed by atoms with Gasteiger partial charge in [0.15, 0.2) is 11.6 Å². The lowest BCUT2D eigenvalue weighted by atomic mass is 10.1. The second kappa shape index (κ2) is 6.83. The first-order valence-corrected chi connectivity index (χ1v) is 5.64. The second-order valence-electron chi connectivity index (χ2n) is 3.73. The van der Waals surface area contributed by atoms with Gasteiger partial charge in [-0.05, 0) is 18.6 Å². The maximum Gasteiger partial charge on any atom is 0.306 e. The molecule has 0 saturated carbocycles. The van der Waals surface area contributed by atoms with Crippen LogP contribution in [0.5, 0.6) is 0 Å². The number of carbonyl (C=O) groups is 2. The summed E-state index contributed by atoms with van der Waals surface area (Å²) in [5.41, 5.74) is 0.00357. The molecule has 0 heterocycles. The Morgan fingerprint density at radius 1 is 1.22 bits per heavy atom. The third-order valence-electron chi connectivity index (χ3n) is 2.33. The van der Waals surface area contributed by atoms with Crippen molar-refractivity contribution in [2.75, 3.05) is 6.61 Å². The molecule has 0 atom stereocenters. The van der Waals surface area contributed by atoms with Gasteiger partial charge in [-0.1, -0.05) is 12.1 Å². The number of ether oxygens (including phenoxy) is 1. The molecule has 18 heavy (non-hydrogen) atoms. The molecule has 0 spiro atoms. The number of carbonyl (C=O) groups excluding carboxylic acids is 2. The summed E-state index contributed by atoms with van der Waals surface area (Å²) in [4.78, 5) is 22.5. The molecule has 0 aliphatic carbocycles. The topological polar surface area (TPSA) is 43.4 Å². The Labute approximate surface area is 104 Å². The van der Waals surface area contributed by atoms with Crippen molar-refractivity contribution >= 4 is 11.8 Å². The quantitative estimate of drug-likeness (QED) is 0.734. The molecule has 1 rings (SSSR count). The standard InChI is InChI=1S/C13H14F2O3/c1-2-18-12(17)7-6-10(16)8-9-4-3-5-11(14)13(9)15/h3-5H,2,6-8H2,1H3. The smallest absolute Gasteiger partial charge is 0.306 e. The molecule has 1 aromatic carbocycles. The number of halogens is 2. The number of rotatable bonds is 6. The van der Waals surface area contributed by atoms with Crippen LogP contribution in [-0.4, -0.2) is 18.4 Å². The fraction of sp³-hybridized carbons (Fsp3) is 0.385. The van der Waals surface area contributed by atoms with E-state index in [1.54, 1.807) is 6.92 Å². The molecule has 3 nitrogen and oxygen atoms in total. The molecule has 0 N–H and O–H groups in total. The molecule has 0 radical (unpaired) electrons. The van der Waals surface area contributed by atoms with Gasteiger partial charge in [0.2, 0.25) is 0 Å². The molecule has 0 aliphatic rings. The van der Waals surface area contributed by atoms with Crippen LogP contribution in [0.25, 0.3) is 0 Å². The fourth-order valence-electron chi connectivity index (χ4n) is 1.46. The van der Waals surface area contributed by atoms with E-state index in [-0.39, 0.29) is 37.2 Å². The Kier molecular flexibility index (Phi) is 5.42. The highest BCUT2D eigenvalue weighted by atomic mass is 19.2. The van der Waals surface area contributed by atoms with Crippen molar-refractivity contribution in [2.45, 2.75) is 26.2 Å². The van der Waals surface area contributed by atoms with Crippen molar-refractivity contribution in [3.63, 3.8) is 0 Å². The minimum absolute atomic E-state index is 0.00357. The number of ketones is 1. The van der Waals surface area contributed by atoms with Crippen molar-refractivity contribution in [1.82, 2.24) is 0 Å². The van der Waals surface area contributed by atoms with Gasteiger partial charge in [-0.3, -0.25) is 9.59 Å². The zero-order valence-corrected chi connectivity index (χ0v) is 10.0. The van der Waals surface area contributed by atoms with Gasteiger partial charge in [0.1, 0.15) is 5.78 Å². The lowest BCUT2D eigenvalue weighted by Crippen LogP contribution is -2.10. The highest BCUT2D eigenvalue weighted by Gasteiger charge is 2.13. The van der Waals surface area contributed by atoms with E-state index in [4.69, 9.17) is 0 Å². The van der Waals surface area contributed by atoms with Crippen molar-refractivity contribution in [3.8, 4) is 0 Å². The van der Waals surface area contributed by atoms with Crippen LogP contribution in [0.2, 0.25) is 0 Å². The Morgan fingerprint density at radius 2 is 1.94 bits per heavy atom. The SMILES string of the molecule is CCOC(=O)CCC(=O)Cc1cccc(F)c1F. The molecule has 0 saturated heterocycles. The largest absolute Gasteiger partial charge is 0.466 e. The summed E-state index contributed by atoms with van der Waals surface area (Å²) < 4.78 is 30.8. The molecule has 0 fully saturated rings. The zero-order chi connectivity index (χ0) is 13.5. The van der Waals surface area contributed by atoms with E-state index in [0.29, 0.717) is 0 Å². The molecule has 1 aromatic rings. The molecule has 5 heteroatoms. The number of esters is 1. The van der Waals surface area contributed by atoms with Gasteiger partial charge in [-0.2, -0.15) is 0 Å². The Hall–Kier alpha value is -1.78. The second-order valence-corrected chi connectivity index (χ2v) is 3.73. The van der Waals surface area contributed by atoms with Crippen LogP contribution in [0.4, 0.5) is 8.78 Å². The van der Waals surface area contributed by atoms with Gasteiger partial charge in [0.25, 0.3) is 0 Å². The highest BCUT2D eigenvalue weighted by molar-refractivity contribution is 5.84. The van der Waals surface area contributed by atoms with Crippen LogP contribution >= 0.6 is 0 Å². The summed E-state index contributed by atoms with van der Waals surface area (Å²) in [6.07, 6.45) is -0.290. The van der Waals surface area contributed by atoms with Crippen LogP contribution in [0.15, 0.2) is 18.2 Å². The number of Topliss-reactive ketones (excluding diaryl/α,β-unsaturated/α-hetero) is 1. The molecule has 0 bridgehead atoms. The Balaban J connectivity index is 2.50. The summed E-state index contributed by atoms with van der Waals surface area (Å²) in [5.74, 6) is -2.79. The number of hydrogen-bond acceptors (Lipinski definition) is 3. The van der Waals surface area contributed by atoms with Gasteiger partial charge in [-0.15, -0.1) is 0 Å². The maximum absolute atomic E-state index is 13.3. The normalized spacial score (nSPS) is 10.2. The predicted molar refractivity (Wildman–Crippen MR) is 60.9 cm³/mol. The summed E-state index contributed by atoms with van der Waals surface area (Å²) in [5, 5.41) is 0. The van der Waals surface area contributed by atoms with Gasteiger partial charge in [0.05, 0.1) is 13.0 Å². The minimum atomic E-state index is -1.01. The van der Waals surface area contributed by atoms with E-state index in [9.17, 15) is 18.4 Å². The average molecular weight is 256 g/mol. The number of hydrogen-bond donors (Lipinski definition) is 0. The molecule has 0 aromatic heterocycles. The molecular weight excluding hydrogens is 242 g/mol. The highest BCUT2D eigenvalue weighted by Crippen LogP contribution is 2.13. The van der Waals surface area contributed by atoms with Crippen molar-refractivity contribution in [3.05, 3.63) is 35.4 Å². The van der Waals surface area contributed by atoms with E-state index >= 15 is 0 Å². The summed E-state index contributed by atoms with van der Waals surface area (Å²) in [6.45, 7) is 1.92. The monoisotopic (exact) mass is 256 g/mol. The minimum Gasteiger partial charge on any atom is -0.466 e. The van der Waals surface area contributed by atoms with Gasteiger partial charge < -0.3 is 4.74 Å². The summed E-state index contributed by atoms with van der Waals surface area (Å²) in [7, 11) is 0. The van der Waals surface area contributed by atoms with Crippen LogP contribution in [-0.2, 0) is 20.7 Å². The van der Waals surface area contributed by atoms with Crippen LogP contribution in [0, 0.1) is 11.6 Å². The molecule has 98 valence electrons. The fourth-order valence-corrected chi connectivity index (χ4v) is 1.46. The lowest BCUT2D eigenvalue weighted by molar-refractivity contribution is -0.144. The van der Waals surface area contributed by atoms with Crippen LogP contribution in [0.3, 0.4) is 0 Å². The number of benzene rings is 1. The van der Waals surface area contributed by atoms with E-state index < -0.39 is 17.6 Å². The van der Waals surface area contributed by atoms with Crippen molar-refractivity contribution in [2.24, 2.45) is 0 Å². The van der Waals surface area contributed by atoms with Gasteiger partial charge in [-0.25, -0.2) is 8.78 Å². The van der Waals surface area contributed by atoms with Crippen molar-refractivity contribution in [1.29, 1.82) is 0 Å². The Bertz CT molecular complexity index is 444. The van der Waals surface area contributed by atoms with Crippen molar-refractivity contribution < 1.29 is 23.1 Å². The van der Waals surface area contributed by atoms with E-state index in [1.807, 2.05) is 0 Å².